The van der Waals surface area contributed by atoms with Crippen molar-refractivity contribution in [3.05, 3.63) is 27.4 Å². The topological polar surface area (TPSA) is 82.0 Å². The molecule has 0 bridgehead atoms. The minimum atomic E-state index is -0.585. The number of pyridine rings is 1. The fraction of sp³-hybridized carbons (Fsp3) is 0. The Bertz CT molecular complexity index is 302. The Balaban J connectivity index is 3.15. The summed E-state index contributed by atoms with van der Waals surface area (Å²) in [5.41, 5.74) is 5.06. The first-order chi connectivity index (χ1) is 5.11. The van der Waals surface area contributed by atoms with Crippen molar-refractivity contribution in [3.63, 3.8) is 0 Å². The smallest absolute Gasteiger partial charge is 0.289 e. The van der Waals surface area contributed by atoms with Crippen molar-refractivity contribution in [1.29, 1.82) is 0 Å². The molecule has 1 heterocycles. The number of hydrogen-bond donors (Lipinski definition) is 1. The molecule has 5 nitrogen and oxygen atoms in total. The number of anilines is 1. The number of halogens is 1. The monoisotopic (exact) mass is 173 g/mol. The van der Waals surface area contributed by atoms with Crippen LogP contribution in [0.15, 0.2) is 12.3 Å². The van der Waals surface area contributed by atoms with Gasteiger partial charge < -0.3 is 5.73 Å². The van der Waals surface area contributed by atoms with Crippen molar-refractivity contribution in [2.24, 2.45) is 0 Å². The molecule has 0 atom stereocenters. The van der Waals surface area contributed by atoms with E-state index in [1.165, 1.54) is 0 Å². The number of nitro groups is 1. The summed E-state index contributed by atoms with van der Waals surface area (Å²) in [6.45, 7) is 0. The quantitative estimate of drug-likeness (QED) is 0.511. The van der Waals surface area contributed by atoms with Gasteiger partial charge in [0.25, 0.3) is 5.69 Å². The van der Waals surface area contributed by atoms with Gasteiger partial charge in [-0.05, 0) is 0 Å². The van der Waals surface area contributed by atoms with Gasteiger partial charge in [-0.2, -0.15) is 0 Å². The zero-order valence-corrected chi connectivity index (χ0v) is 6.08. The van der Waals surface area contributed by atoms with E-state index in [9.17, 15) is 10.1 Å². The van der Waals surface area contributed by atoms with Crippen LogP contribution in [0.5, 0.6) is 0 Å². The Morgan fingerprint density at radius 3 is 2.82 bits per heavy atom. The minimum absolute atomic E-state index is 0.0947. The SMILES string of the molecule is Nc1ncc([N+](=O)[O-])cc1Cl. The highest BCUT2D eigenvalue weighted by molar-refractivity contribution is 6.32. The summed E-state index contributed by atoms with van der Waals surface area (Å²) in [6.07, 6.45) is 1.06. The maximum Gasteiger partial charge on any atom is 0.289 e. The van der Waals surface area contributed by atoms with Crippen molar-refractivity contribution in [3.8, 4) is 0 Å². The Kier molecular flexibility index (Phi) is 1.91. The summed E-state index contributed by atoms with van der Waals surface area (Å²) in [5.74, 6) is 0.0947. The van der Waals surface area contributed by atoms with Crippen LogP contribution in [0.3, 0.4) is 0 Å². The fourth-order valence-electron chi connectivity index (χ4n) is 0.538. The van der Waals surface area contributed by atoms with Gasteiger partial charge in [0.2, 0.25) is 0 Å². The molecular formula is C5H4ClN3O2. The lowest BCUT2D eigenvalue weighted by atomic mass is 10.4. The van der Waals surface area contributed by atoms with Gasteiger partial charge in [-0.3, -0.25) is 10.1 Å². The Hall–Kier alpha value is -1.36. The highest BCUT2D eigenvalue weighted by Crippen LogP contribution is 2.20. The summed E-state index contributed by atoms with van der Waals surface area (Å²) < 4.78 is 0. The van der Waals surface area contributed by atoms with Gasteiger partial charge in [0.15, 0.2) is 0 Å². The van der Waals surface area contributed by atoms with Crippen LogP contribution in [-0.2, 0) is 0 Å². The summed E-state index contributed by atoms with van der Waals surface area (Å²) in [6, 6.07) is 1.16. The molecule has 0 saturated heterocycles. The lowest BCUT2D eigenvalue weighted by Crippen LogP contribution is -1.94. The molecule has 58 valence electrons. The number of nitrogens with two attached hydrogens (primary N) is 1. The normalized spacial score (nSPS) is 9.55. The largest absolute Gasteiger partial charge is 0.382 e. The second-order valence-corrected chi connectivity index (χ2v) is 2.22. The molecule has 0 saturated carbocycles. The van der Waals surface area contributed by atoms with Gasteiger partial charge in [0.1, 0.15) is 12.0 Å². The molecule has 1 rings (SSSR count). The van der Waals surface area contributed by atoms with Crippen LogP contribution in [0.2, 0.25) is 5.02 Å². The zero-order valence-electron chi connectivity index (χ0n) is 5.32. The third-order valence-electron chi connectivity index (χ3n) is 1.07. The molecule has 0 unspecified atom stereocenters. The average molecular weight is 174 g/mol. The summed E-state index contributed by atoms with van der Waals surface area (Å²) in [4.78, 5) is 13.0. The Labute approximate surface area is 66.9 Å². The second-order valence-electron chi connectivity index (χ2n) is 1.82. The molecule has 0 aliphatic heterocycles. The first kappa shape index (κ1) is 7.74. The van der Waals surface area contributed by atoms with E-state index in [2.05, 4.69) is 4.98 Å². The highest BCUT2D eigenvalue weighted by Gasteiger charge is 2.07. The van der Waals surface area contributed by atoms with Crippen LogP contribution in [0.4, 0.5) is 11.5 Å². The maximum atomic E-state index is 10.1. The number of nitrogens with zero attached hydrogens (tertiary/aromatic N) is 2. The van der Waals surface area contributed by atoms with Gasteiger partial charge in [-0.15, -0.1) is 0 Å². The zero-order chi connectivity index (χ0) is 8.43. The minimum Gasteiger partial charge on any atom is -0.382 e. The van der Waals surface area contributed by atoms with Crippen LogP contribution < -0.4 is 5.73 Å². The summed E-state index contributed by atoms with van der Waals surface area (Å²) >= 11 is 5.47. The average Bonchev–Trinajstić information content (AvgIpc) is 1.94. The van der Waals surface area contributed by atoms with E-state index in [1.54, 1.807) is 0 Å². The van der Waals surface area contributed by atoms with Crippen molar-refractivity contribution in [1.82, 2.24) is 4.98 Å². The van der Waals surface area contributed by atoms with Crippen LogP contribution in [-0.4, -0.2) is 9.91 Å². The van der Waals surface area contributed by atoms with E-state index < -0.39 is 4.92 Å². The molecule has 0 aromatic carbocycles. The molecule has 1 aromatic rings. The Morgan fingerprint density at radius 2 is 2.36 bits per heavy atom. The maximum absolute atomic E-state index is 10.1. The van der Waals surface area contributed by atoms with E-state index in [-0.39, 0.29) is 16.5 Å². The van der Waals surface area contributed by atoms with E-state index in [0.717, 1.165) is 12.3 Å². The summed E-state index contributed by atoms with van der Waals surface area (Å²) in [7, 11) is 0. The Morgan fingerprint density at radius 1 is 1.73 bits per heavy atom. The standard InChI is InChI=1S/C5H4ClN3O2/c6-4-1-3(9(10)11)2-8-5(4)7/h1-2H,(H2,7,8). The van der Waals surface area contributed by atoms with Crippen molar-refractivity contribution >= 4 is 23.1 Å². The van der Waals surface area contributed by atoms with E-state index in [4.69, 9.17) is 17.3 Å². The van der Waals surface area contributed by atoms with Crippen LogP contribution in [0, 0.1) is 10.1 Å². The van der Waals surface area contributed by atoms with E-state index in [1.807, 2.05) is 0 Å². The van der Waals surface area contributed by atoms with Crippen LogP contribution >= 0.6 is 11.6 Å². The first-order valence-corrected chi connectivity index (χ1v) is 3.04. The molecule has 0 aliphatic rings. The van der Waals surface area contributed by atoms with Gasteiger partial charge in [-0.25, -0.2) is 4.98 Å². The number of hydrogen-bond acceptors (Lipinski definition) is 4. The predicted molar refractivity (Wildman–Crippen MR) is 40.3 cm³/mol. The van der Waals surface area contributed by atoms with Crippen molar-refractivity contribution in [2.75, 3.05) is 5.73 Å². The lowest BCUT2D eigenvalue weighted by Gasteiger charge is -1.94. The molecule has 0 spiro atoms. The number of nitrogen functional groups attached to an aromatic ring is 1. The van der Waals surface area contributed by atoms with Crippen LogP contribution in [0.25, 0.3) is 0 Å². The predicted octanol–water partition coefficient (Wildman–Crippen LogP) is 1.23. The fourth-order valence-corrected chi connectivity index (χ4v) is 0.699. The van der Waals surface area contributed by atoms with Gasteiger partial charge in [0.05, 0.1) is 9.95 Å². The van der Waals surface area contributed by atoms with Crippen molar-refractivity contribution < 1.29 is 4.92 Å². The third-order valence-corrected chi connectivity index (χ3v) is 1.37. The molecular weight excluding hydrogens is 170 g/mol. The lowest BCUT2D eigenvalue weighted by molar-refractivity contribution is -0.385. The first-order valence-electron chi connectivity index (χ1n) is 2.66. The molecule has 6 heteroatoms. The summed E-state index contributed by atoms with van der Waals surface area (Å²) in [5, 5.41) is 10.2. The van der Waals surface area contributed by atoms with E-state index in [0.29, 0.717) is 0 Å². The second kappa shape index (κ2) is 2.71. The molecule has 0 radical (unpaired) electrons. The number of aromatic nitrogens is 1. The highest BCUT2D eigenvalue weighted by atomic mass is 35.5. The van der Waals surface area contributed by atoms with Gasteiger partial charge in [-0.1, -0.05) is 11.6 Å². The molecule has 1 aromatic heterocycles. The van der Waals surface area contributed by atoms with Crippen molar-refractivity contribution in [2.45, 2.75) is 0 Å². The van der Waals surface area contributed by atoms with Crippen LogP contribution in [0.1, 0.15) is 0 Å². The van der Waals surface area contributed by atoms with Gasteiger partial charge >= 0.3 is 0 Å². The molecule has 0 aliphatic carbocycles. The third kappa shape index (κ3) is 1.56. The molecule has 0 amide bonds. The molecule has 2 N–H and O–H groups in total. The molecule has 11 heavy (non-hydrogen) atoms. The molecule has 0 fully saturated rings. The van der Waals surface area contributed by atoms with E-state index >= 15 is 0 Å². The number of rotatable bonds is 1. The van der Waals surface area contributed by atoms with Gasteiger partial charge in [0, 0.05) is 6.07 Å².